The molecule has 0 aliphatic carbocycles. The molecule has 0 spiro atoms. The van der Waals surface area contributed by atoms with Gasteiger partial charge in [-0.25, -0.2) is 9.97 Å². The van der Waals surface area contributed by atoms with Crippen molar-refractivity contribution in [1.82, 2.24) is 34.7 Å². The third kappa shape index (κ3) is 2.92. The van der Waals surface area contributed by atoms with E-state index < -0.39 is 0 Å². The molecule has 7 heteroatoms. The average molecular weight is 309 g/mol. The Bertz CT molecular complexity index is 791. The second kappa shape index (κ2) is 6.00. The summed E-state index contributed by atoms with van der Waals surface area (Å²) in [4.78, 5) is 10.7. The zero-order valence-electron chi connectivity index (χ0n) is 13.1. The van der Waals surface area contributed by atoms with Crippen LogP contribution < -0.4 is 0 Å². The Hall–Kier alpha value is -2.41. The highest BCUT2D eigenvalue weighted by Crippen LogP contribution is 2.27. The molecule has 0 aromatic carbocycles. The van der Waals surface area contributed by atoms with Crippen molar-refractivity contribution in [3.05, 3.63) is 47.9 Å². The van der Waals surface area contributed by atoms with E-state index >= 15 is 0 Å². The Morgan fingerprint density at radius 3 is 2.78 bits per heavy atom. The Balaban J connectivity index is 1.45. The van der Waals surface area contributed by atoms with Crippen molar-refractivity contribution in [3.8, 4) is 0 Å². The first-order valence-electron chi connectivity index (χ1n) is 7.96. The molecular formula is C16H19N7. The van der Waals surface area contributed by atoms with Crippen molar-refractivity contribution in [3.63, 3.8) is 0 Å². The highest BCUT2D eigenvalue weighted by atomic mass is 15.4. The molecule has 1 fully saturated rings. The molecule has 0 atom stereocenters. The van der Waals surface area contributed by atoms with Gasteiger partial charge in [-0.2, -0.15) is 9.61 Å². The van der Waals surface area contributed by atoms with E-state index in [9.17, 15) is 0 Å². The van der Waals surface area contributed by atoms with Crippen LogP contribution in [0.2, 0.25) is 0 Å². The largest absolute Gasteiger partial charge is 0.297 e. The van der Waals surface area contributed by atoms with Gasteiger partial charge in [0.25, 0.3) is 0 Å². The SMILES string of the molecule is Cc1ccc2nnc(C3CCN(Cc4ccncn4)CC3)n2n1. The highest BCUT2D eigenvalue weighted by molar-refractivity contribution is 5.36. The van der Waals surface area contributed by atoms with Crippen LogP contribution in [0.15, 0.2) is 30.7 Å². The number of aromatic nitrogens is 6. The van der Waals surface area contributed by atoms with Gasteiger partial charge in [0.2, 0.25) is 0 Å². The maximum absolute atomic E-state index is 4.56. The fourth-order valence-corrected chi connectivity index (χ4v) is 3.14. The molecule has 0 radical (unpaired) electrons. The number of rotatable bonds is 3. The zero-order chi connectivity index (χ0) is 15.6. The lowest BCUT2D eigenvalue weighted by Crippen LogP contribution is -2.33. The molecule has 3 aromatic rings. The predicted octanol–water partition coefficient (Wildman–Crippen LogP) is 1.60. The van der Waals surface area contributed by atoms with Gasteiger partial charge in [0.15, 0.2) is 11.5 Å². The predicted molar refractivity (Wildman–Crippen MR) is 84.8 cm³/mol. The van der Waals surface area contributed by atoms with Crippen molar-refractivity contribution < 1.29 is 0 Å². The molecule has 118 valence electrons. The number of likely N-dealkylation sites (tertiary alicyclic amines) is 1. The average Bonchev–Trinajstić information content (AvgIpc) is 2.99. The lowest BCUT2D eigenvalue weighted by Gasteiger charge is -2.30. The van der Waals surface area contributed by atoms with E-state index in [1.54, 1.807) is 12.5 Å². The highest BCUT2D eigenvalue weighted by Gasteiger charge is 2.25. The molecule has 4 heterocycles. The first kappa shape index (κ1) is 14.2. The number of fused-ring (bicyclic) bond motifs is 1. The van der Waals surface area contributed by atoms with Gasteiger partial charge in [-0.3, -0.25) is 4.90 Å². The van der Waals surface area contributed by atoms with Crippen LogP contribution in [0.1, 0.15) is 36.0 Å². The normalized spacial score (nSPS) is 16.9. The summed E-state index contributed by atoms with van der Waals surface area (Å²) in [5, 5.41) is 13.2. The molecule has 0 bridgehead atoms. The maximum atomic E-state index is 4.56. The van der Waals surface area contributed by atoms with Crippen LogP contribution in [0.4, 0.5) is 0 Å². The fourth-order valence-electron chi connectivity index (χ4n) is 3.14. The summed E-state index contributed by atoms with van der Waals surface area (Å²) in [6.45, 7) is 4.95. The minimum atomic E-state index is 0.418. The standard InChI is InChI=1S/C16H19N7/c1-12-2-3-15-19-20-16(23(15)21-12)13-5-8-22(9-6-13)10-14-4-7-17-11-18-14/h2-4,7,11,13H,5-6,8-10H2,1H3. The van der Waals surface area contributed by atoms with Crippen LogP contribution >= 0.6 is 0 Å². The molecule has 0 saturated carbocycles. The fraction of sp³-hybridized carbons (Fsp3) is 0.438. The molecule has 1 aliphatic rings. The molecule has 7 nitrogen and oxygen atoms in total. The van der Waals surface area contributed by atoms with Gasteiger partial charge in [-0.1, -0.05) is 0 Å². The van der Waals surface area contributed by atoms with E-state index in [1.807, 2.05) is 29.6 Å². The number of aryl methyl sites for hydroxylation is 1. The van der Waals surface area contributed by atoms with Crippen LogP contribution in [-0.2, 0) is 6.54 Å². The van der Waals surface area contributed by atoms with Crippen molar-refractivity contribution in [2.75, 3.05) is 13.1 Å². The number of hydrogen-bond acceptors (Lipinski definition) is 6. The number of hydrogen-bond donors (Lipinski definition) is 0. The Morgan fingerprint density at radius 1 is 1.13 bits per heavy atom. The molecule has 1 saturated heterocycles. The molecule has 0 amide bonds. The van der Waals surface area contributed by atoms with Gasteiger partial charge in [-0.05, 0) is 51.1 Å². The quantitative estimate of drug-likeness (QED) is 0.732. The Morgan fingerprint density at radius 2 is 2.00 bits per heavy atom. The lowest BCUT2D eigenvalue weighted by molar-refractivity contribution is 0.198. The Kier molecular flexibility index (Phi) is 3.70. The minimum absolute atomic E-state index is 0.418. The van der Waals surface area contributed by atoms with Crippen LogP contribution in [0.5, 0.6) is 0 Å². The molecule has 0 N–H and O–H groups in total. The molecule has 0 unspecified atom stereocenters. The van der Waals surface area contributed by atoms with E-state index in [4.69, 9.17) is 0 Å². The Labute approximate surface area is 134 Å². The number of piperidine rings is 1. The zero-order valence-corrected chi connectivity index (χ0v) is 13.1. The summed E-state index contributed by atoms with van der Waals surface area (Å²) in [6.07, 6.45) is 5.55. The third-order valence-electron chi connectivity index (χ3n) is 4.40. The van der Waals surface area contributed by atoms with Crippen molar-refractivity contribution >= 4 is 5.65 Å². The third-order valence-corrected chi connectivity index (χ3v) is 4.40. The smallest absolute Gasteiger partial charge is 0.177 e. The van der Waals surface area contributed by atoms with Crippen molar-refractivity contribution in [2.24, 2.45) is 0 Å². The van der Waals surface area contributed by atoms with Crippen molar-refractivity contribution in [2.45, 2.75) is 32.2 Å². The summed E-state index contributed by atoms with van der Waals surface area (Å²) in [7, 11) is 0. The van der Waals surface area contributed by atoms with Crippen LogP contribution in [-0.4, -0.2) is 47.8 Å². The summed E-state index contributed by atoms with van der Waals surface area (Å²) in [5.41, 5.74) is 2.89. The monoisotopic (exact) mass is 309 g/mol. The van der Waals surface area contributed by atoms with Crippen LogP contribution in [0.25, 0.3) is 5.65 Å². The number of nitrogens with zero attached hydrogens (tertiary/aromatic N) is 7. The van der Waals surface area contributed by atoms with E-state index in [1.165, 1.54) is 0 Å². The molecule has 1 aliphatic heterocycles. The second-order valence-electron chi connectivity index (χ2n) is 6.05. The first-order chi connectivity index (χ1) is 11.3. The van der Waals surface area contributed by atoms with Gasteiger partial charge in [-0.15, -0.1) is 10.2 Å². The summed E-state index contributed by atoms with van der Waals surface area (Å²) < 4.78 is 1.90. The second-order valence-corrected chi connectivity index (χ2v) is 6.05. The van der Waals surface area contributed by atoms with E-state index in [-0.39, 0.29) is 0 Å². The topological polar surface area (TPSA) is 72.1 Å². The molecule has 4 rings (SSSR count). The van der Waals surface area contributed by atoms with E-state index in [2.05, 4.69) is 30.2 Å². The van der Waals surface area contributed by atoms with Gasteiger partial charge >= 0.3 is 0 Å². The lowest BCUT2D eigenvalue weighted by atomic mass is 9.96. The van der Waals surface area contributed by atoms with Crippen LogP contribution in [0.3, 0.4) is 0 Å². The van der Waals surface area contributed by atoms with E-state index in [0.29, 0.717) is 5.92 Å². The molecule has 3 aromatic heterocycles. The maximum Gasteiger partial charge on any atom is 0.177 e. The van der Waals surface area contributed by atoms with Crippen molar-refractivity contribution in [1.29, 1.82) is 0 Å². The molecular weight excluding hydrogens is 290 g/mol. The van der Waals surface area contributed by atoms with Gasteiger partial charge in [0, 0.05) is 18.7 Å². The van der Waals surface area contributed by atoms with Gasteiger partial charge in [0.05, 0.1) is 11.4 Å². The van der Waals surface area contributed by atoms with Gasteiger partial charge < -0.3 is 0 Å². The van der Waals surface area contributed by atoms with Crippen LogP contribution in [0, 0.1) is 6.92 Å². The van der Waals surface area contributed by atoms with E-state index in [0.717, 1.165) is 55.3 Å². The summed E-state index contributed by atoms with van der Waals surface area (Å²) >= 11 is 0. The van der Waals surface area contributed by atoms with Gasteiger partial charge in [0.1, 0.15) is 6.33 Å². The summed E-state index contributed by atoms with van der Waals surface area (Å²) in [6, 6.07) is 5.92. The first-order valence-corrected chi connectivity index (χ1v) is 7.96. The summed E-state index contributed by atoms with van der Waals surface area (Å²) in [5.74, 6) is 1.41. The molecule has 23 heavy (non-hydrogen) atoms. The minimum Gasteiger partial charge on any atom is -0.297 e.